The number of benzene rings is 2. The van der Waals surface area contributed by atoms with E-state index in [9.17, 15) is 4.79 Å². The van der Waals surface area contributed by atoms with Gasteiger partial charge in [-0.3, -0.25) is 4.79 Å². The maximum Gasteiger partial charge on any atom is 0.315 e. The van der Waals surface area contributed by atoms with Crippen molar-refractivity contribution >= 4 is 29.2 Å². The van der Waals surface area contributed by atoms with Crippen molar-refractivity contribution in [2.24, 2.45) is 5.41 Å². The minimum atomic E-state index is -1.01. The number of halogens is 2. The number of hydrogen-bond donors (Lipinski definition) is 0. The molecule has 2 aromatic rings. The van der Waals surface area contributed by atoms with Crippen molar-refractivity contribution in [2.75, 3.05) is 0 Å². The third kappa shape index (κ3) is 1.84. The second kappa shape index (κ2) is 4.50. The molecule has 0 aromatic heterocycles. The van der Waals surface area contributed by atoms with Crippen LogP contribution >= 0.6 is 23.2 Å². The number of alkyl halides is 2. The molecular weight excluding hydrogens is 319 g/mol. The van der Waals surface area contributed by atoms with Crippen LogP contribution in [0, 0.1) is 5.41 Å². The van der Waals surface area contributed by atoms with Gasteiger partial charge >= 0.3 is 5.97 Å². The van der Waals surface area contributed by atoms with E-state index in [1.54, 1.807) is 6.92 Å². The topological polar surface area (TPSA) is 26.3 Å². The van der Waals surface area contributed by atoms with E-state index < -0.39 is 9.75 Å². The molecule has 0 heterocycles. The van der Waals surface area contributed by atoms with Gasteiger partial charge in [-0.05, 0) is 18.1 Å². The highest BCUT2D eigenvalue weighted by molar-refractivity contribution is 6.53. The summed E-state index contributed by atoms with van der Waals surface area (Å²) in [5, 5.41) is 0. The summed E-state index contributed by atoms with van der Waals surface area (Å²) in [5.41, 5.74) is 3.43. The predicted molar refractivity (Wildman–Crippen MR) is 87.0 cm³/mol. The van der Waals surface area contributed by atoms with Crippen LogP contribution in [0.2, 0.25) is 0 Å². The summed E-state index contributed by atoms with van der Waals surface area (Å²) in [6.07, 6.45) is 0.0410. The molecule has 2 aromatic carbocycles. The van der Waals surface area contributed by atoms with Crippen LogP contribution in [0.4, 0.5) is 0 Å². The molecule has 2 nitrogen and oxygen atoms in total. The Hall–Kier alpha value is -1.51. The van der Waals surface area contributed by atoms with Crippen LogP contribution in [0.25, 0.3) is 11.1 Å². The molecule has 0 unspecified atom stereocenters. The first-order valence-corrected chi connectivity index (χ1v) is 7.97. The van der Waals surface area contributed by atoms with E-state index in [-0.39, 0.29) is 12.1 Å². The Morgan fingerprint density at radius 2 is 1.50 bits per heavy atom. The molecule has 1 saturated carbocycles. The first kappa shape index (κ1) is 14.1. The zero-order valence-corrected chi connectivity index (χ0v) is 13.5. The maximum absolute atomic E-state index is 12.5. The highest BCUT2D eigenvalue weighted by atomic mass is 35.5. The molecule has 4 rings (SSSR count). The van der Waals surface area contributed by atoms with Crippen LogP contribution in [-0.2, 0) is 9.53 Å². The van der Waals surface area contributed by atoms with Crippen LogP contribution in [0.1, 0.15) is 30.6 Å². The molecule has 0 bridgehead atoms. The van der Waals surface area contributed by atoms with Crippen molar-refractivity contribution in [3.63, 3.8) is 0 Å². The van der Waals surface area contributed by atoms with Gasteiger partial charge in [-0.1, -0.05) is 48.5 Å². The van der Waals surface area contributed by atoms with Crippen LogP contribution in [0.5, 0.6) is 0 Å². The molecule has 0 aliphatic heterocycles. The minimum Gasteiger partial charge on any atom is -0.452 e. The zero-order valence-electron chi connectivity index (χ0n) is 12.0. The third-order valence-electron chi connectivity index (χ3n) is 4.71. The van der Waals surface area contributed by atoms with E-state index in [0.29, 0.717) is 6.42 Å². The molecular formula is C18H14Cl2O2. The summed E-state index contributed by atoms with van der Waals surface area (Å²) < 4.78 is 4.81. The molecule has 0 radical (unpaired) electrons. The van der Waals surface area contributed by atoms with E-state index in [0.717, 1.165) is 22.3 Å². The largest absolute Gasteiger partial charge is 0.452 e. The number of fused-ring (bicyclic) bond motifs is 3. The van der Waals surface area contributed by atoms with Crippen molar-refractivity contribution in [1.82, 2.24) is 0 Å². The van der Waals surface area contributed by atoms with Crippen LogP contribution in [-0.4, -0.2) is 10.3 Å². The van der Waals surface area contributed by atoms with E-state index >= 15 is 0 Å². The van der Waals surface area contributed by atoms with Crippen molar-refractivity contribution in [3.8, 4) is 11.1 Å². The van der Waals surface area contributed by atoms with Gasteiger partial charge in [-0.2, -0.15) is 0 Å². The van der Waals surface area contributed by atoms with Crippen LogP contribution in [0.15, 0.2) is 48.5 Å². The van der Waals surface area contributed by atoms with Gasteiger partial charge in [0, 0.05) is 17.5 Å². The lowest BCUT2D eigenvalue weighted by Crippen LogP contribution is -2.23. The summed E-state index contributed by atoms with van der Waals surface area (Å²) in [5.74, 6) is -0.339. The van der Waals surface area contributed by atoms with Gasteiger partial charge in [0.2, 0.25) is 0 Å². The number of carbonyl (C=O) groups excluding carboxylic acids is 1. The molecule has 0 N–H and O–H groups in total. The summed E-state index contributed by atoms with van der Waals surface area (Å²) >= 11 is 12.2. The molecule has 2 aliphatic carbocycles. The first-order valence-electron chi connectivity index (χ1n) is 7.21. The van der Waals surface area contributed by atoms with Gasteiger partial charge in [0.05, 0.1) is 0 Å². The van der Waals surface area contributed by atoms with Gasteiger partial charge in [-0.15, -0.1) is 23.2 Å². The van der Waals surface area contributed by atoms with Crippen LogP contribution in [0.3, 0.4) is 0 Å². The number of carbonyl (C=O) groups is 1. The Labute approximate surface area is 139 Å². The van der Waals surface area contributed by atoms with Crippen molar-refractivity contribution in [2.45, 2.75) is 23.8 Å². The van der Waals surface area contributed by atoms with Crippen molar-refractivity contribution in [3.05, 3.63) is 59.7 Å². The summed E-state index contributed by atoms with van der Waals surface area (Å²) in [6.45, 7) is 1.75. The van der Waals surface area contributed by atoms with E-state index in [2.05, 4.69) is 0 Å². The Morgan fingerprint density at radius 3 is 1.95 bits per heavy atom. The van der Waals surface area contributed by atoms with E-state index in [1.807, 2.05) is 48.5 Å². The van der Waals surface area contributed by atoms with Gasteiger partial charge in [0.25, 0.3) is 0 Å². The average Bonchev–Trinajstić information content (AvgIpc) is 2.89. The van der Waals surface area contributed by atoms with E-state index in [1.165, 1.54) is 0 Å². The standard InChI is InChI=1S/C18H14Cl2O2/c1-17(10-18(17,19)20)16(21)22-15-13-8-4-2-6-11(13)12-7-3-5-9-14(12)15/h2-9,15H,10H2,1H3/t17-/m0/s1. The van der Waals surface area contributed by atoms with Crippen molar-refractivity contribution < 1.29 is 9.53 Å². The molecule has 112 valence electrons. The van der Waals surface area contributed by atoms with Gasteiger partial charge in [-0.25, -0.2) is 0 Å². The van der Waals surface area contributed by atoms with Gasteiger partial charge in [0.1, 0.15) is 9.75 Å². The Balaban J connectivity index is 1.72. The maximum atomic E-state index is 12.5. The molecule has 4 heteroatoms. The smallest absolute Gasteiger partial charge is 0.315 e. The highest BCUT2D eigenvalue weighted by Crippen LogP contribution is 2.65. The fourth-order valence-electron chi connectivity index (χ4n) is 3.09. The summed E-state index contributed by atoms with van der Waals surface area (Å²) in [4.78, 5) is 12.5. The Kier molecular flexibility index (Phi) is 2.88. The van der Waals surface area contributed by atoms with Gasteiger partial charge < -0.3 is 4.74 Å². The lowest BCUT2D eigenvalue weighted by Gasteiger charge is -2.18. The zero-order chi connectivity index (χ0) is 15.5. The molecule has 1 fully saturated rings. The lowest BCUT2D eigenvalue weighted by molar-refractivity contribution is -0.153. The lowest BCUT2D eigenvalue weighted by atomic mass is 10.1. The fourth-order valence-corrected chi connectivity index (χ4v) is 3.78. The average molecular weight is 333 g/mol. The second-order valence-electron chi connectivity index (χ2n) is 6.17. The second-order valence-corrected chi connectivity index (χ2v) is 7.66. The molecule has 2 aliphatic rings. The van der Waals surface area contributed by atoms with Gasteiger partial charge in [0.15, 0.2) is 6.10 Å². The SMILES string of the molecule is C[C@@]1(C(=O)OC2c3ccccc3-c3ccccc32)CC1(Cl)Cl. The fraction of sp³-hybridized carbons (Fsp3) is 0.278. The first-order chi connectivity index (χ1) is 10.4. The third-order valence-corrected chi connectivity index (χ3v) is 5.81. The summed E-state index contributed by atoms with van der Waals surface area (Å²) in [6, 6.07) is 16.0. The van der Waals surface area contributed by atoms with E-state index in [4.69, 9.17) is 27.9 Å². The number of ether oxygens (including phenoxy) is 1. The molecule has 0 saturated heterocycles. The number of rotatable bonds is 2. The molecule has 1 atom stereocenters. The number of esters is 1. The molecule has 0 amide bonds. The highest BCUT2D eigenvalue weighted by Gasteiger charge is 2.69. The Bertz CT molecular complexity index is 739. The summed E-state index contributed by atoms with van der Waals surface area (Å²) in [7, 11) is 0. The monoisotopic (exact) mass is 332 g/mol. The predicted octanol–water partition coefficient (Wildman–Crippen LogP) is 4.88. The van der Waals surface area contributed by atoms with Crippen LogP contribution < -0.4 is 0 Å². The molecule has 22 heavy (non-hydrogen) atoms. The normalized spacial score (nSPS) is 24.5. The Morgan fingerprint density at radius 1 is 1.05 bits per heavy atom. The minimum absolute atomic E-state index is 0.339. The van der Waals surface area contributed by atoms with Crippen molar-refractivity contribution in [1.29, 1.82) is 0 Å². The quantitative estimate of drug-likeness (QED) is 0.578. The number of hydrogen-bond acceptors (Lipinski definition) is 2. The molecule has 0 spiro atoms.